The van der Waals surface area contributed by atoms with E-state index in [1.165, 1.54) is 30.4 Å². The maximum absolute atomic E-state index is 12.2. The number of nitrogens with one attached hydrogen (secondary N) is 1. The Balaban J connectivity index is 0.00000180. The number of thiazole rings is 1. The number of sulfonamides is 1. The second kappa shape index (κ2) is 6.99. The van der Waals surface area contributed by atoms with Crippen LogP contribution >= 0.6 is 23.7 Å². The Kier molecular flexibility index (Phi) is 6.19. The standard InChI is InChI=1S/C11H19N3O2S2.ClH/c1-8-13-7-11(17-8)18(15,16)14-10(6-12)9-4-2-3-5-9;/h7,9-10,14H,2-6,12H2,1H3;1H. The minimum atomic E-state index is -3.46. The third-order valence-electron chi connectivity index (χ3n) is 3.39. The highest BCUT2D eigenvalue weighted by atomic mass is 35.5. The Morgan fingerprint density at radius 3 is 2.63 bits per heavy atom. The molecule has 1 aliphatic rings. The first-order chi connectivity index (χ1) is 8.53. The molecular weight excluding hydrogens is 306 g/mol. The number of halogens is 1. The van der Waals surface area contributed by atoms with Crippen molar-refractivity contribution in [3.8, 4) is 0 Å². The van der Waals surface area contributed by atoms with Gasteiger partial charge in [0.15, 0.2) is 4.21 Å². The molecule has 1 aliphatic carbocycles. The predicted octanol–water partition coefficient (Wildman–Crippen LogP) is 1.67. The summed E-state index contributed by atoms with van der Waals surface area (Å²) < 4.78 is 27.4. The smallest absolute Gasteiger partial charge is 0.251 e. The van der Waals surface area contributed by atoms with Crippen molar-refractivity contribution in [2.45, 2.75) is 42.9 Å². The van der Waals surface area contributed by atoms with Crippen LogP contribution in [0.5, 0.6) is 0 Å². The lowest BCUT2D eigenvalue weighted by Gasteiger charge is -2.22. The summed E-state index contributed by atoms with van der Waals surface area (Å²) in [6.45, 7) is 2.14. The lowest BCUT2D eigenvalue weighted by molar-refractivity contribution is 0.406. The number of hydrogen-bond donors (Lipinski definition) is 2. The molecule has 2 rings (SSSR count). The molecule has 110 valence electrons. The monoisotopic (exact) mass is 325 g/mol. The fourth-order valence-electron chi connectivity index (χ4n) is 2.42. The molecule has 1 unspecified atom stereocenters. The third kappa shape index (κ3) is 4.13. The zero-order valence-electron chi connectivity index (χ0n) is 10.8. The quantitative estimate of drug-likeness (QED) is 0.862. The van der Waals surface area contributed by atoms with E-state index < -0.39 is 10.0 Å². The average Bonchev–Trinajstić information content (AvgIpc) is 2.96. The van der Waals surface area contributed by atoms with Crippen LogP contribution in [0.1, 0.15) is 30.7 Å². The van der Waals surface area contributed by atoms with E-state index in [0.717, 1.165) is 17.8 Å². The number of rotatable bonds is 5. The van der Waals surface area contributed by atoms with Crippen molar-refractivity contribution in [3.63, 3.8) is 0 Å². The molecule has 3 N–H and O–H groups in total. The summed E-state index contributed by atoms with van der Waals surface area (Å²) in [4.78, 5) is 3.98. The summed E-state index contributed by atoms with van der Waals surface area (Å²) >= 11 is 1.19. The molecule has 0 amide bonds. The van der Waals surface area contributed by atoms with Gasteiger partial charge in [-0.1, -0.05) is 12.8 Å². The molecule has 0 spiro atoms. The van der Waals surface area contributed by atoms with Crippen LogP contribution in [0.2, 0.25) is 0 Å². The topological polar surface area (TPSA) is 85.1 Å². The summed E-state index contributed by atoms with van der Waals surface area (Å²) in [5.41, 5.74) is 5.70. The van der Waals surface area contributed by atoms with Crippen LogP contribution < -0.4 is 10.5 Å². The van der Waals surface area contributed by atoms with Crippen LogP contribution in [0.25, 0.3) is 0 Å². The van der Waals surface area contributed by atoms with Crippen molar-refractivity contribution in [1.82, 2.24) is 9.71 Å². The summed E-state index contributed by atoms with van der Waals surface area (Å²) in [6, 6.07) is -0.153. The zero-order chi connectivity index (χ0) is 13.2. The molecule has 1 aromatic heterocycles. The Bertz CT molecular complexity index is 498. The van der Waals surface area contributed by atoms with Crippen LogP contribution in [0.4, 0.5) is 0 Å². The second-order valence-corrected chi connectivity index (χ2v) is 7.88. The highest BCUT2D eigenvalue weighted by molar-refractivity contribution is 7.91. The van der Waals surface area contributed by atoms with Crippen LogP contribution in [-0.2, 0) is 10.0 Å². The van der Waals surface area contributed by atoms with Crippen LogP contribution in [0.15, 0.2) is 10.4 Å². The zero-order valence-corrected chi connectivity index (χ0v) is 13.3. The van der Waals surface area contributed by atoms with Gasteiger partial charge in [0.05, 0.1) is 11.2 Å². The van der Waals surface area contributed by atoms with Crippen LogP contribution in [-0.4, -0.2) is 26.0 Å². The summed E-state index contributed by atoms with van der Waals surface area (Å²) in [7, 11) is -3.46. The fraction of sp³-hybridized carbons (Fsp3) is 0.727. The molecule has 0 aromatic carbocycles. The first kappa shape index (κ1) is 16.8. The van der Waals surface area contributed by atoms with Gasteiger partial charge in [0, 0.05) is 12.6 Å². The van der Waals surface area contributed by atoms with Crippen molar-refractivity contribution in [2.75, 3.05) is 6.54 Å². The maximum Gasteiger partial charge on any atom is 0.251 e. The predicted molar refractivity (Wildman–Crippen MR) is 79.2 cm³/mol. The lowest BCUT2D eigenvalue weighted by atomic mass is 9.99. The van der Waals surface area contributed by atoms with E-state index in [9.17, 15) is 8.42 Å². The molecular formula is C11H20ClN3O2S2. The van der Waals surface area contributed by atoms with Crippen molar-refractivity contribution in [3.05, 3.63) is 11.2 Å². The molecule has 1 heterocycles. The minimum absolute atomic E-state index is 0. The van der Waals surface area contributed by atoms with Crippen molar-refractivity contribution < 1.29 is 8.42 Å². The first-order valence-electron chi connectivity index (χ1n) is 6.18. The van der Waals surface area contributed by atoms with Gasteiger partial charge >= 0.3 is 0 Å². The summed E-state index contributed by atoms with van der Waals surface area (Å²) in [5.74, 6) is 0.374. The number of hydrogen-bond acceptors (Lipinski definition) is 5. The summed E-state index contributed by atoms with van der Waals surface area (Å²) in [5, 5.41) is 0.750. The van der Waals surface area contributed by atoms with Gasteiger partial charge < -0.3 is 5.73 Å². The fourth-order valence-corrected chi connectivity index (χ4v) is 4.86. The van der Waals surface area contributed by atoms with Gasteiger partial charge in [0.25, 0.3) is 10.0 Å². The Morgan fingerprint density at radius 2 is 2.16 bits per heavy atom. The molecule has 1 fully saturated rings. The Morgan fingerprint density at radius 1 is 1.53 bits per heavy atom. The normalized spacial score (nSPS) is 18.2. The van der Waals surface area contributed by atoms with Gasteiger partial charge in [0.1, 0.15) is 0 Å². The van der Waals surface area contributed by atoms with Gasteiger partial charge in [0.2, 0.25) is 0 Å². The third-order valence-corrected chi connectivity index (χ3v) is 6.26. The molecule has 19 heavy (non-hydrogen) atoms. The van der Waals surface area contributed by atoms with E-state index in [0.29, 0.717) is 12.5 Å². The maximum atomic E-state index is 12.2. The Labute approximate surface area is 124 Å². The van der Waals surface area contributed by atoms with Crippen LogP contribution in [0, 0.1) is 12.8 Å². The van der Waals surface area contributed by atoms with Gasteiger partial charge in [-0.15, -0.1) is 23.7 Å². The van der Waals surface area contributed by atoms with Gasteiger partial charge in [-0.2, -0.15) is 0 Å². The minimum Gasteiger partial charge on any atom is -0.329 e. The molecule has 5 nitrogen and oxygen atoms in total. The molecule has 1 saturated carbocycles. The number of nitrogens with zero attached hydrogens (tertiary/aromatic N) is 1. The summed E-state index contributed by atoms with van der Waals surface area (Å²) in [6.07, 6.45) is 5.87. The average molecular weight is 326 g/mol. The highest BCUT2D eigenvalue weighted by Gasteiger charge is 2.29. The van der Waals surface area contributed by atoms with E-state index in [4.69, 9.17) is 5.73 Å². The molecule has 0 saturated heterocycles. The number of aromatic nitrogens is 1. The van der Waals surface area contributed by atoms with Gasteiger partial charge in [-0.05, 0) is 25.7 Å². The van der Waals surface area contributed by atoms with E-state index >= 15 is 0 Å². The van der Waals surface area contributed by atoms with Gasteiger partial charge in [-0.25, -0.2) is 18.1 Å². The van der Waals surface area contributed by atoms with Crippen molar-refractivity contribution >= 4 is 33.8 Å². The second-order valence-electron chi connectivity index (χ2n) is 4.71. The molecule has 0 aliphatic heterocycles. The van der Waals surface area contributed by atoms with Gasteiger partial charge in [-0.3, -0.25) is 0 Å². The first-order valence-corrected chi connectivity index (χ1v) is 8.47. The van der Waals surface area contributed by atoms with E-state index in [2.05, 4.69) is 9.71 Å². The largest absolute Gasteiger partial charge is 0.329 e. The molecule has 1 atom stereocenters. The van der Waals surface area contributed by atoms with E-state index in [1.807, 2.05) is 0 Å². The number of nitrogens with two attached hydrogens (primary N) is 1. The van der Waals surface area contributed by atoms with Crippen molar-refractivity contribution in [2.24, 2.45) is 11.7 Å². The van der Waals surface area contributed by atoms with E-state index in [-0.39, 0.29) is 22.7 Å². The number of aryl methyl sites for hydroxylation is 1. The van der Waals surface area contributed by atoms with Crippen molar-refractivity contribution in [1.29, 1.82) is 0 Å². The highest BCUT2D eigenvalue weighted by Crippen LogP contribution is 2.28. The van der Waals surface area contributed by atoms with E-state index in [1.54, 1.807) is 6.92 Å². The lowest BCUT2D eigenvalue weighted by Crippen LogP contribution is -2.44. The van der Waals surface area contributed by atoms with Crippen LogP contribution in [0.3, 0.4) is 0 Å². The SMILES string of the molecule is Cc1ncc(S(=O)(=O)NC(CN)C2CCCC2)s1.Cl. The molecule has 0 bridgehead atoms. The molecule has 8 heteroatoms. The molecule has 0 radical (unpaired) electrons. The molecule has 1 aromatic rings. The Hall–Kier alpha value is -0.210.